The summed E-state index contributed by atoms with van der Waals surface area (Å²) in [6.07, 6.45) is 2.46. The highest BCUT2D eigenvalue weighted by atomic mass is 32.2. The van der Waals surface area contributed by atoms with Gasteiger partial charge in [0.05, 0.1) is 6.54 Å². The van der Waals surface area contributed by atoms with E-state index in [4.69, 9.17) is 11.5 Å². The number of rotatable bonds is 6. The number of nitrogens with one attached hydrogen (secondary N) is 1. The Morgan fingerprint density at radius 1 is 1.54 bits per heavy atom. The summed E-state index contributed by atoms with van der Waals surface area (Å²) in [5.41, 5.74) is 10.2. The normalized spacial score (nSPS) is 12.2. The van der Waals surface area contributed by atoms with Crippen molar-refractivity contribution in [3.8, 4) is 0 Å². The zero-order valence-corrected chi connectivity index (χ0v) is 8.39. The van der Waals surface area contributed by atoms with E-state index in [2.05, 4.69) is 5.32 Å². The molecule has 13 heavy (non-hydrogen) atoms. The largest absolute Gasteiger partial charge is 0.368 e. The number of primary amides is 1. The summed E-state index contributed by atoms with van der Waals surface area (Å²) in [6, 6.07) is -0.594. The second-order valence-corrected chi connectivity index (χ2v) is 3.49. The van der Waals surface area contributed by atoms with Crippen LogP contribution in [0.5, 0.6) is 0 Å². The summed E-state index contributed by atoms with van der Waals surface area (Å²) in [6.45, 7) is -0.122. The molecule has 0 aromatic carbocycles. The SMILES string of the molecule is CSCC[C@H](NC(=O)CN)C(N)=O. The Bertz CT molecular complexity index is 187. The average Bonchev–Trinajstić information content (AvgIpc) is 2.11. The number of hydrogen-bond donors (Lipinski definition) is 3. The fourth-order valence-corrected chi connectivity index (χ4v) is 1.25. The Balaban J connectivity index is 3.94. The van der Waals surface area contributed by atoms with Gasteiger partial charge in [0.25, 0.3) is 0 Å². The summed E-state index contributed by atoms with van der Waals surface area (Å²) in [5.74, 6) is -0.0981. The van der Waals surface area contributed by atoms with Crippen LogP contribution in [0, 0.1) is 0 Å². The van der Waals surface area contributed by atoms with E-state index in [0.29, 0.717) is 6.42 Å². The topological polar surface area (TPSA) is 98.2 Å². The molecule has 2 amide bonds. The molecule has 0 bridgehead atoms. The molecule has 0 aromatic rings. The first kappa shape index (κ1) is 12.2. The zero-order chi connectivity index (χ0) is 10.3. The lowest BCUT2D eigenvalue weighted by Gasteiger charge is -2.13. The highest BCUT2D eigenvalue weighted by molar-refractivity contribution is 7.98. The Labute approximate surface area is 81.6 Å². The van der Waals surface area contributed by atoms with Gasteiger partial charge in [0, 0.05) is 0 Å². The summed E-state index contributed by atoms with van der Waals surface area (Å²) >= 11 is 1.59. The number of hydrogen-bond acceptors (Lipinski definition) is 4. The molecule has 0 saturated carbocycles. The van der Waals surface area contributed by atoms with E-state index in [1.165, 1.54) is 0 Å². The molecule has 0 aliphatic rings. The van der Waals surface area contributed by atoms with Gasteiger partial charge in [-0.2, -0.15) is 11.8 Å². The lowest BCUT2D eigenvalue weighted by Crippen LogP contribution is -2.46. The molecule has 0 saturated heterocycles. The van der Waals surface area contributed by atoms with Crippen molar-refractivity contribution in [1.29, 1.82) is 0 Å². The van der Waals surface area contributed by atoms with Crippen LogP contribution in [0.1, 0.15) is 6.42 Å². The third-order valence-corrected chi connectivity index (χ3v) is 2.12. The molecule has 5 nitrogen and oxygen atoms in total. The minimum atomic E-state index is -0.594. The van der Waals surface area contributed by atoms with E-state index >= 15 is 0 Å². The van der Waals surface area contributed by atoms with Crippen molar-refractivity contribution in [3.05, 3.63) is 0 Å². The maximum absolute atomic E-state index is 10.8. The molecule has 0 spiro atoms. The van der Waals surface area contributed by atoms with Gasteiger partial charge in [-0.25, -0.2) is 0 Å². The van der Waals surface area contributed by atoms with Crippen LogP contribution < -0.4 is 16.8 Å². The molecular weight excluding hydrogens is 190 g/mol. The van der Waals surface area contributed by atoms with E-state index in [1.807, 2.05) is 6.26 Å². The predicted octanol–water partition coefficient (Wildman–Crippen LogP) is -1.33. The van der Waals surface area contributed by atoms with Crippen LogP contribution in [0.3, 0.4) is 0 Å². The summed E-state index contributed by atoms with van der Waals surface area (Å²) in [7, 11) is 0. The molecule has 0 radical (unpaired) electrons. The van der Waals surface area contributed by atoms with E-state index in [1.54, 1.807) is 11.8 Å². The maximum Gasteiger partial charge on any atom is 0.240 e. The monoisotopic (exact) mass is 205 g/mol. The van der Waals surface area contributed by atoms with Crippen molar-refractivity contribution in [2.75, 3.05) is 18.6 Å². The van der Waals surface area contributed by atoms with Crippen molar-refractivity contribution >= 4 is 23.6 Å². The lowest BCUT2D eigenvalue weighted by atomic mass is 10.2. The van der Waals surface area contributed by atoms with Crippen LogP contribution in [0.15, 0.2) is 0 Å². The highest BCUT2D eigenvalue weighted by Crippen LogP contribution is 1.99. The highest BCUT2D eigenvalue weighted by Gasteiger charge is 2.16. The lowest BCUT2D eigenvalue weighted by molar-refractivity contribution is -0.126. The van der Waals surface area contributed by atoms with Crippen LogP contribution in [0.25, 0.3) is 0 Å². The minimum Gasteiger partial charge on any atom is -0.368 e. The summed E-state index contributed by atoms with van der Waals surface area (Å²) in [5, 5.41) is 2.45. The molecule has 1 atom stereocenters. The molecule has 76 valence electrons. The molecular formula is C7H15N3O2S. The van der Waals surface area contributed by atoms with Crippen molar-refractivity contribution in [3.63, 3.8) is 0 Å². The first-order valence-electron chi connectivity index (χ1n) is 3.89. The Morgan fingerprint density at radius 2 is 2.15 bits per heavy atom. The number of nitrogens with two attached hydrogens (primary N) is 2. The quantitative estimate of drug-likeness (QED) is 0.500. The maximum atomic E-state index is 10.8. The average molecular weight is 205 g/mol. The summed E-state index contributed by atoms with van der Waals surface area (Å²) in [4.78, 5) is 21.7. The summed E-state index contributed by atoms with van der Waals surface area (Å²) < 4.78 is 0. The molecule has 0 fully saturated rings. The fourth-order valence-electron chi connectivity index (χ4n) is 0.775. The van der Waals surface area contributed by atoms with Crippen LogP contribution in [0.4, 0.5) is 0 Å². The van der Waals surface area contributed by atoms with Gasteiger partial charge in [-0.05, 0) is 18.4 Å². The molecule has 0 heterocycles. The van der Waals surface area contributed by atoms with Crippen molar-refractivity contribution in [1.82, 2.24) is 5.32 Å². The van der Waals surface area contributed by atoms with Crippen molar-refractivity contribution in [2.24, 2.45) is 11.5 Å². The molecule has 0 aliphatic carbocycles. The Morgan fingerprint density at radius 3 is 2.54 bits per heavy atom. The Hall–Kier alpha value is -0.750. The second-order valence-electron chi connectivity index (χ2n) is 2.51. The molecule has 0 aliphatic heterocycles. The third kappa shape index (κ3) is 5.48. The van der Waals surface area contributed by atoms with Crippen LogP contribution in [0.2, 0.25) is 0 Å². The molecule has 6 heteroatoms. The van der Waals surface area contributed by atoms with Crippen LogP contribution in [-0.2, 0) is 9.59 Å². The third-order valence-electron chi connectivity index (χ3n) is 1.47. The van der Waals surface area contributed by atoms with Crippen LogP contribution >= 0.6 is 11.8 Å². The fraction of sp³-hybridized carbons (Fsp3) is 0.714. The van der Waals surface area contributed by atoms with Gasteiger partial charge in [-0.15, -0.1) is 0 Å². The molecule has 0 aromatic heterocycles. The molecule has 0 rings (SSSR count). The number of carbonyl (C=O) groups excluding carboxylic acids is 2. The van der Waals surface area contributed by atoms with Crippen molar-refractivity contribution in [2.45, 2.75) is 12.5 Å². The number of thioether (sulfide) groups is 1. The predicted molar refractivity (Wildman–Crippen MR) is 53.2 cm³/mol. The van der Waals surface area contributed by atoms with E-state index in [0.717, 1.165) is 5.75 Å². The van der Waals surface area contributed by atoms with Gasteiger partial charge >= 0.3 is 0 Å². The smallest absolute Gasteiger partial charge is 0.240 e. The van der Waals surface area contributed by atoms with Gasteiger partial charge in [0.1, 0.15) is 6.04 Å². The van der Waals surface area contributed by atoms with Gasteiger partial charge in [-0.3, -0.25) is 9.59 Å². The first-order valence-corrected chi connectivity index (χ1v) is 5.29. The zero-order valence-electron chi connectivity index (χ0n) is 7.58. The Kier molecular flexibility index (Phi) is 6.34. The van der Waals surface area contributed by atoms with Gasteiger partial charge in [0.2, 0.25) is 11.8 Å². The van der Waals surface area contributed by atoms with Gasteiger partial charge in [0.15, 0.2) is 0 Å². The second kappa shape index (κ2) is 6.73. The number of carbonyl (C=O) groups is 2. The standard InChI is InChI=1S/C7H15N3O2S/c1-13-3-2-5(7(9)12)10-6(11)4-8/h5H,2-4,8H2,1H3,(H2,9,12)(H,10,11)/t5-/m0/s1. The minimum absolute atomic E-state index is 0.122. The molecule has 0 unspecified atom stereocenters. The van der Waals surface area contributed by atoms with E-state index < -0.39 is 11.9 Å². The van der Waals surface area contributed by atoms with Gasteiger partial charge in [-0.1, -0.05) is 0 Å². The van der Waals surface area contributed by atoms with E-state index in [9.17, 15) is 9.59 Å². The van der Waals surface area contributed by atoms with E-state index in [-0.39, 0.29) is 12.5 Å². The van der Waals surface area contributed by atoms with Crippen LogP contribution in [-0.4, -0.2) is 36.4 Å². The first-order chi connectivity index (χ1) is 6.11. The number of amides is 2. The molecule has 5 N–H and O–H groups in total. The van der Waals surface area contributed by atoms with Crippen molar-refractivity contribution < 1.29 is 9.59 Å². The van der Waals surface area contributed by atoms with Gasteiger partial charge < -0.3 is 16.8 Å².